The van der Waals surface area contributed by atoms with Gasteiger partial charge in [0.1, 0.15) is 0 Å². The minimum atomic E-state index is -1.25. The predicted octanol–water partition coefficient (Wildman–Crippen LogP) is 2.50. The van der Waals surface area contributed by atoms with Crippen LogP contribution >= 0.6 is 0 Å². The molecule has 0 heterocycles. The summed E-state index contributed by atoms with van der Waals surface area (Å²) in [6, 6.07) is 6.48. The maximum absolute atomic E-state index is 13.1. The fraction of sp³-hybridized carbons (Fsp3) is 0. The van der Waals surface area contributed by atoms with E-state index in [4.69, 9.17) is 10.8 Å². The highest BCUT2D eigenvalue weighted by atomic mass is 19.2. The first kappa shape index (κ1) is 14.4. The van der Waals surface area contributed by atoms with Gasteiger partial charge in [-0.1, -0.05) is 0 Å². The van der Waals surface area contributed by atoms with Crippen LogP contribution in [0, 0.1) is 11.6 Å². The average molecular weight is 292 g/mol. The highest BCUT2D eigenvalue weighted by Crippen LogP contribution is 2.20. The molecule has 0 aliphatic carbocycles. The first-order chi connectivity index (χ1) is 9.88. The van der Waals surface area contributed by atoms with Crippen molar-refractivity contribution >= 4 is 23.3 Å². The van der Waals surface area contributed by atoms with Gasteiger partial charge in [-0.3, -0.25) is 4.79 Å². The number of nitrogens with one attached hydrogen (secondary N) is 1. The van der Waals surface area contributed by atoms with E-state index in [-0.39, 0.29) is 22.5 Å². The van der Waals surface area contributed by atoms with Crippen LogP contribution < -0.4 is 11.1 Å². The van der Waals surface area contributed by atoms with Gasteiger partial charge in [0.15, 0.2) is 11.6 Å². The molecule has 0 bridgehead atoms. The number of hydrogen-bond donors (Lipinski definition) is 3. The van der Waals surface area contributed by atoms with Crippen molar-refractivity contribution in [1.29, 1.82) is 0 Å². The molecular formula is C14H10F2N2O3. The Bertz CT molecular complexity index is 732. The van der Waals surface area contributed by atoms with Crippen molar-refractivity contribution in [3.8, 4) is 0 Å². The largest absolute Gasteiger partial charge is 0.478 e. The maximum Gasteiger partial charge on any atom is 0.337 e. The summed E-state index contributed by atoms with van der Waals surface area (Å²) in [6.45, 7) is 0. The van der Waals surface area contributed by atoms with Gasteiger partial charge < -0.3 is 16.2 Å². The second kappa shape index (κ2) is 5.58. The Morgan fingerprint density at radius 1 is 1.05 bits per heavy atom. The van der Waals surface area contributed by atoms with E-state index in [1.807, 2.05) is 0 Å². The fourth-order valence-corrected chi connectivity index (χ4v) is 1.68. The molecule has 0 aliphatic heterocycles. The summed E-state index contributed by atoms with van der Waals surface area (Å²) in [4.78, 5) is 23.0. The zero-order valence-electron chi connectivity index (χ0n) is 10.6. The summed E-state index contributed by atoms with van der Waals surface area (Å²) in [5.41, 5.74) is 5.44. The molecule has 21 heavy (non-hydrogen) atoms. The lowest BCUT2D eigenvalue weighted by molar-refractivity contribution is 0.0698. The summed E-state index contributed by atoms with van der Waals surface area (Å²) < 4.78 is 25.9. The smallest absolute Gasteiger partial charge is 0.337 e. The molecule has 2 aromatic rings. The van der Waals surface area contributed by atoms with E-state index in [0.717, 1.165) is 18.2 Å². The lowest BCUT2D eigenvalue weighted by Crippen LogP contribution is -2.15. The van der Waals surface area contributed by atoms with Crippen molar-refractivity contribution in [2.75, 3.05) is 11.1 Å². The molecular weight excluding hydrogens is 282 g/mol. The van der Waals surface area contributed by atoms with Gasteiger partial charge in [0, 0.05) is 11.3 Å². The Morgan fingerprint density at radius 3 is 2.38 bits per heavy atom. The number of carboxylic acid groups (broad SMARTS) is 1. The van der Waals surface area contributed by atoms with Crippen LogP contribution in [-0.4, -0.2) is 17.0 Å². The van der Waals surface area contributed by atoms with E-state index >= 15 is 0 Å². The third-order valence-corrected chi connectivity index (χ3v) is 2.70. The Hall–Kier alpha value is -2.96. The number of rotatable bonds is 3. The van der Waals surface area contributed by atoms with Gasteiger partial charge in [0.2, 0.25) is 0 Å². The number of benzene rings is 2. The van der Waals surface area contributed by atoms with Crippen molar-refractivity contribution in [1.82, 2.24) is 0 Å². The molecule has 0 unspecified atom stereocenters. The highest BCUT2D eigenvalue weighted by Gasteiger charge is 2.15. The molecule has 108 valence electrons. The fourth-order valence-electron chi connectivity index (χ4n) is 1.68. The quantitative estimate of drug-likeness (QED) is 0.758. The van der Waals surface area contributed by atoms with E-state index < -0.39 is 23.5 Å². The minimum Gasteiger partial charge on any atom is -0.478 e. The first-order valence-electron chi connectivity index (χ1n) is 5.77. The molecule has 4 N–H and O–H groups in total. The van der Waals surface area contributed by atoms with Gasteiger partial charge in [-0.05, 0) is 36.4 Å². The molecule has 0 fully saturated rings. The molecule has 0 saturated heterocycles. The molecule has 0 aliphatic rings. The van der Waals surface area contributed by atoms with Crippen LogP contribution in [0.1, 0.15) is 20.7 Å². The molecule has 0 saturated carbocycles. The number of anilines is 2. The summed E-state index contributed by atoms with van der Waals surface area (Å²) in [5, 5.41) is 11.3. The first-order valence-corrected chi connectivity index (χ1v) is 5.77. The SMILES string of the molecule is Nc1ccc(C(=O)O)c(NC(=O)c2ccc(F)c(F)c2)c1. The number of carbonyl (C=O) groups excluding carboxylic acids is 1. The Morgan fingerprint density at radius 2 is 1.76 bits per heavy atom. The predicted molar refractivity (Wildman–Crippen MR) is 72.1 cm³/mol. The van der Waals surface area contributed by atoms with Gasteiger partial charge >= 0.3 is 5.97 Å². The third kappa shape index (κ3) is 3.14. The van der Waals surface area contributed by atoms with Gasteiger partial charge in [-0.15, -0.1) is 0 Å². The zero-order valence-corrected chi connectivity index (χ0v) is 10.6. The molecule has 2 rings (SSSR count). The van der Waals surface area contributed by atoms with E-state index in [0.29, 0.717) is 0 Å². The van der Waals surface area contributed by atoms with Crippen molar-refractivity contribution in [3.63, 3.8) is 0 Å². The lowest BCUT2D eigenvalue weighted by atomic mass is 10.1. The number of carbonyl (C=O) groups is 2. The standard InChI is InChI=1S/C14H10F2N2O3/c15-10-4-1-7(5-11(10)16)13(19)18-12-6-8(17)2-3-9(12)14(20)21/h1-6H,17H2,(H,18,19)(H,20,21). The van der Waals surface area contributed by atoms with Gasteiger partial charge in [-0.2, -0.15) is 0 Å². The molecule has 0 radical (unpaired) electrons. The third-order valence-electron chi connectivity index (χ3n) is 2.70. The number of carboxylic acids is 1. The second-order valence-electron chi connectivity index (χ2n) is 4.19. The van der Waals surface area contributed by atoms with E-state index in [1.165, 1.54) is 18.2 Å². The number of hydrogen-bond acceptors (Lipinski definition) is 3. The zero-order chi connectivity index (χ0) is 15.6. The molecule has 5 nitrogen and oxygen atoms in total. The van der Waals surface area contributed by atoms with E-state index in [9.17, 15) is 18.4 Å². The Kier molecular flexibility index (Phi) is 3.84. The number of amides is 1. The maximum atomic E-state index is 13.1. The summed E-state index contributed by atoms with van der Waals surface area (Å²) >= 11 is 0. The van der Waals surface area contributed by atoms with Crippen LogP contribution in [0.5, 0.6) is 0 Å². The monoisotopic (exact) mass is 292 g/mol. The van der Waals surface area contributed by atoms with Crippen LogP contribution in [0.4, 0.5) is 20.2 Å². The van der Waals surface area contributed by atoms with Crippen LogP contribution in [0.3, 0.4) is 0 Å². The van der Waals surface area contributed by atoms with Crippen LogP contribution in [0.15, 0.2) is 36.4 Å². The molecule has 2 aromatic carbocycles. The highest BCUT2D eigenvalue weighted by molar-refractivity contribution is 6.08. The van der Waals surface area contributed by atoms with Gasteiger partial charge in [-0.25, -0.2) is 13.6 Å². The number of nitrogens with two attached hydrogens (primary N) is 1. The van der Waals surface area contributed by atoms with Gasteiger partial charge in [0.05, 0.1) is 11.3 Å². The summed E-state index contributed by atoms with van der Waals surface area (Å²) in [5.74, 6) is -4.28. The van der Waals surface area contributed by atoms with Crippen molar-refractivity contribution < 1.29 is 23.5 Å². The molecule has 1 amide bonds. The topological polar surface area (TPSA) is 92.4 Å². The van der Waals surface area contributed by atoms with Crippen LogP contribution in [0.2, 0.25) is 0 Å². The molecule has 0 aromatic heterocycles. The van der Waals surface area contributed by atoms with Crippen LogP contribution in [0.25, 0.3) is 0 Å². The number of nitrogen functional groups attached to an aromatic ring is 1. The average Bonchev–Trinajstić information content (AvgIpc) is 2.41. The molecule has 7 heteroatoms. The molecule has 0 spiro atoms. The van der Waals surface area contributed by atoms with Gasteiger partial charge in [0.25, 0.3) is 5.91 Å². The van der Waals surface area contributed by atoms with Crippen molar-refractivity contribution in [3.05, 3.63) is 59.2 Å². The molecule has 0 atom stereocenters. The van der Waals surface area contributed by atoms with E-state index in [1.54, 1.807) is 0 Å². The second-order valence-corrected chi connectivity index (χ2v) is 4.19. The lowest BCUT2D eigenvalue weighted by Gasteiger charge is -2.09. The van der Waals surface area contributed by atoms with Crippen molar-refractivity contribution in [2.45, 2.75) is 0 Å². The Balaban J connectivity index is 2.33. The Labute approximate surface area is 118 Å². The van der Waals surface area contributed by atoms with E-state index in [2.05, 4.69) is 5.32 Å². The normalized spacial score (nSPS) is 10.2. The minimum absolute atomic E-state index is 0.0303. The number of halogens is 2. The van der Waals surface area contributed by atoms with Crippen molar-refractivity contribution in [2.24, 2.45) is 0 Å². The number of aromatic carboxylic acids is 1. The van der Waals surface area contributed by atoms with Crippen LogP contribution in [-0.2, 0) is 0 Å². The summed E-state index contributed by atoms with van der Waals surface area (Å²) in [7, 11) is 0. The summed E-state index contributed by atoms with van der Waals surface area (Å²) in [6.07, 6.45) is 0.